The van der Waals surface area contributed by atoms with E-state index >= 15 is 0 Å². The number of amides is 1. The van der Waals surface area contributed by atoms with E-state index in [0.717, 1.165) is 12.2 Å². The average Bonchev–Trinajstić information content (AvgIpc) is 2.83. The van der Waals surface area contributed by atoms with E-state index in [1.807, 2.05) is 13.0 Å². The molecule has 0 bridgehead atoms. The summed E-state index contributed by atoms with van der Waals surface area (Å²) in [5.74, 6) is -0.290. The molecule has 88 valence electrons. The molecule has 0 aliphatic carbocycles. The summed E-state index contributed by atoms with van der Waals surface area (Å²) in [7, 11) is 0. The molecule has 1 amide bonds. The van der Waals surface area contributed by atoms with Gasteiger partial charge in [0.2, 0.25) is 5.13 Å². The highest BCUT2D eigenvalue weighted by molar-refractivity contribution is 7.13. The summed E-state index contributed by atoms with van der Waals surface area (Å²) >= 11 is 1.26. The molecule has 2 rings (SSSR count). The summed E-state index contributed by atoms with van der Waals surface area (Å²) in [6, 6.07) is 3.51. The van der Waals surface area contributed by atoms with Crippen LogP contribution in [0.15, 0.2) is 23.8 Å². The molecule has 2 aromatic rings. The lowest BCUT2D eigenvalue weighted by Crippen LogP contribution is -2.14. The predicted octanol–water partition coefficient (Wildman–Crippen LogP) is 1.62. The van der Waals surface area contributed by atoms with E-state index in [-0.39, 0.29) is 5.91 Å². The standard InChI is InChI=1S/C10H11N5OS/c1-2-11-7-3-4-12-8(5-7)9(16)14-10-15-13-6-17-10/h3-6H,2H2,1H3,(H,11,12)(H,14,15,16). The highest BCUT2D eigenvalue weighted by atomic mass is 32.1. The van der Waals surface area contributed by atoms with Crippen LogP contribution in [0, 0.1) is 0 Å². The van der Waals surface area contributed by atoms with Crippen molar-refractivity contribution in [1.29, 1.82) is 0 Å². The van der Waals surface area contributed by atoms with E-state index in [1.165, 1.54) is 11.3 Å². The Balaban J connectivity index is 2.11. The Hall–Kier alpha value is -2.02. The van der Waals surface area contributed by atoms with Crippen molar-refractivity contribution in [2.45, 2.75) is 6.92 Å². The third-order valence-electron chi connectivity index (χ3n) is 1.95. The second-order valence-electron chi connectivity index (χ2n) is 3.16. The van der Waals surface area contributed by atoms with Crippen LogP contribution in [0.25, 0.3) is 0 Å². The zero-order valence-electron chi connectivity index (χ0n) is 9.17. The second kappa shape index (κ2) is 5.35. The molecular weight excluding hydrogens is 238 g/mol. The first kappa shape index (κ1) is 11.5. The minimum Gasteiger partial charge on any atom is -0.385 e. The smallest absolute Gasteiger partial charge is 0.276 e. The van der Waals surface area contributed by atoms with Crippen LogP contribution in [0.2, 0.25) is 0 Å². The fourth-order valence-electron chi connectivity index (χ4n) is 1.26. The van der Waals surface area contributed by atoms with Gasteiger partial charge >= 0.3 is 0 Å². The van der Waals surface area contributed by atoms with E-state index in [9.17, 15) is 4.79 Å². The fraction of sp³-hybridized carbons (Fsp3) is 0.200. The van der Waals surface area contributed by atoms with Crippen molar-refractivity contribution in [1.82, 2.24) is 15.2 Å². The Morgan fingerprint density at radius 1 is 1.53 bits per heavy atom. The van der Waals surface area contributed by atoms with Gasteiger partial charge in [-0.1, -0.05) is 11.3 Å². The summed E-state index contributed by atoms with van der Waals surface area (Å²) in [6.45, 7) is 2.78. The Labute approximate surface area is 102 Å². The molecule has 0 aliphatic rings. The zero-order chi connectivity index (χ0) is 12.1. The normalized spacial score (nSPS) is 9.94. The van der Waals surface area contributed by atoms with Crippen LogP contribution in [0.5, 0.6) is 0 Å². The van der Waals surface area contributed by atoms with E-state index < -0.39 is 0 Å². The zero-order valence-corrected chi connectivity index (χ0v) is 9.99. The molecular formula is C10H11N5OS. The van der Waals surface area contributed by atoms with Gasteiger partial charge in [0.15, 0.2) is 0 Å². The molecule has 0 unspecified atom stereocenters. The number of rotatable bonds is 4. The van der Waals surface area contributed by atoms with Gasteiger partial charge in [0.05, 0.1) is 0 Å². The average molecular weight is 249 g/mol. The lowest BCUT2D eigenvalue weighted by atomic mass is 10.3. The van der Waals surface area contributed by atoms with E-state index in [0.29, 0.717) is 10.8 Å². The van der Waals surface area contributed by atoms with Crippen LogP contribution in [0.1, 0.15) is 17.4 Å². The Kier molecular flexibility index (Phi) is 3.61. The Bertz CT molecular complexity index is 499. The molecule has 0 radical (unpaired) electrons. The number of hydrogen-bond acceptors (Lipinski definition) is 6. The minimum atomic E-state index is -0.290. The molecule has 2 N–H and O–H groups in total. The van der Waals surface area contributed by atoms with E-state index in [4.69, 9.17) is 0 Å². The number of anilines is 2. The number of carbonyl (C=O) groups excluding carboxylic acids is 1. The van der Waals surface area contributed by atoms with Gasteiger partial charge in [-0.3, -0.25) is 15.1 Å². The Morgan fingerprint density at radius 3 is 3.12 bits per heavy atom. The van der Waals surface area contributed by atoms with Crippen molar-refractivity contribution in [2.24, 2.45) is 0 Å². The highest BCUT2D eigenvalue weighted by Crippen LogP contribution is 2.12. The molecule has 2 aromatic heterocycles. The van der Waals surface area contributed by atoms with Crippen LogP contribution >= 0.6 is 11.3 Å². The van der Waals surface area contributed by atoms with E-state index in [2.05, 4.69) is 25.8 Å². The quantitative estimate of drug-likeness (QED) is 0.860. The number of hydrogen-bond donors (Lipinski definition) is 2. The maximum Gasteiger partial charge on any atom is 0.276 e. The van der Waals surface area contributed by atoms with Crippen molar-refractivity contribution >= 4 is 28.1 Å². The topological polar surface area (TPSA) is 79.8 Å². The lowest BCUT2D eigenvalue weighted by Gasteiger charge is -2.04. The maximum absolute atomic E-state index is 11.8. The van der Waals surface area contributed by atoms with Gasteiger partial charge in [-0.25, -0.2) is 0 Å². The molecule has 0 aliphatic heterocycles. The number of aromatic nitrogens is 3. The summed E-state index contributed by atoms with van der Waals surface area (Å²) in [5.41, 5.74) is 2.77. The van der Waals surface area contributed by atoms with Crippen LogP contribution in [0.3, 0.4) is 0 Å². The summed E-state index contributed by atoms with van der Waals surface area (Å²) in [5, 5.41) is 13.6. The third-order valence-corrected chi connectivity index (χ3v) is 2.56. The highest BCUT2D eigenvalue weighted by Gasteiger charge is 2.09. The van der Waals surface area contributed by atoms with Crippen molar-refractivity contribution < 1.29 is 4.79 Å². The first-order valence-electron chi connectivity index (χ1n) is 5.07. The van der Waals surface area contributed by atoms with Crippen LogP contribution in [-0.2, 0) is 0 Å². The maximum atomic E-state index is 11.8. The molecule has 0 atom stereocenters. The number of nitrogens with zero attached hydrogens (tertiary/aromatic N) is 3. The lowest BCUT2D eigenvalue weighted by molar-refractivity contribution is 0.102. The molecule has 0 saturated heterocycles. The van der Waals surface area contributed by atoms with Gasteiger partial charge in [0.1, 0.15) is 11.2 Å². The fourth-order valence-corrected chi connectivity index (χ4v) is 1.70. The van der Waals surface area contributed by atoms with Crippen molar-refractivity contribution in [3.63, 3.8) is 0 Å². The molecule has 7 heteroatoms. The molecule has 17 heavy (non-hydrogen) atoms. The van der Waals surface area contributed by atoms with Gasteiger partial charge in [0.25, 0.3) is 5.91 Å². The van der Waals surface area contributed by atoms with Gasteiger partial charge in [0, 0.05) is 18.4 Å². The summed E-state index contributed by atoms with van der Waals surface area (Å²) in [6.07, 6.45) is 1.59. The molecule has 6 nitrogen and oxygen atoms in total. The number of pyridine rings is 1. The first-order valence-corrected chi connectivity index (χ1v) is 5.95. The van der Waals surface area contributed by atoms with Gasteiger partial charge in [-0.05, 0) is 19.1 Å². The van der Waals surface area contributed by atoms with Crippen molar-refractivity contribution in [3.8, 4) is 0 Å². The number of nitrogens with one attached hydrogen (secondary N) is 2. The largest absolute Gasteiger partial charge is 0.385 e. The number of carbonyl (C=O) groups is 1. The molecule has 2 heterocycles. The van der Waals surface area contributed by atoms with Crippen LogP contribution in [-0.4, -0.2) is 27.6 Å². The molecule has 0 aromatic carbocycles. The third kappa shape index (κ3) is 2.97. The first-order chi connectivity index (χ1) is 8.29. The minimum absolute atomic E-state index is 0.290. The molecule has 0 fully saturated rings. The van der Waals surface area contributed by atoms with Crippen molar-refractivity contribution in [2.75, 3.05) is 17.2 Å². The van der Waals surface area contributed by atoms with Gasteiger partial charge < -0.3 is 5.32 Å². The Morgan fingerprint density at radius 2 is 2.41 bits per heavy atom. The van der Waals surface area contributed by atoms with Crippen molar-refractivity contribution in [3.05, 3.63) is 29.5 Å². The van der Waals surface area contributed by atoms with Gasteiger partial charge in [-0.2, -0.15) is 0 Å². The van der Waals surface area contributed by atoms with Gasteiger partial charge in [-0.15, -0.1) is 10.2 Å². The van der Waals surface area contributed by atoms with Crippen LogP contribution < -0.4 is 10.6 Å². The molecule has 0 spiro atoms. The second-order valence-corrected chi connectivity index (χ2v) is 3.99. The van der Waals surface area contributed by atoms with Crippen LogP contribution in [0.4, 0.5) is 10.8 Å². The predicted molar refractivity (Wildman–Crippen MR) is 66.3 cm³/mol. The summed E-state index contributed by atoms with van der Waals surface area (Å²) < 4.78 is 0. The molecule has 0 saturated carbocycles. The summed E-state index contributed by atoms with van der Waals surface area (Å²) in [4.78, 5) is 15.8. The van der Waals surface area contributed by atoms with E-state index in [1.54, 1.807) is 17.8 Å². The SMILES string of the molecule is CCNc1ccnc(C(=O)Nc2nncs2)c1. The monoisotopic (exact) mass is 249 g/mol.